The Balaban J connectivity index is 2.27. The molecule has 19 heavy (non-hydrogen) atoms. The van der Waals surface area contributed by atoms with Gasteiger partial charge in [0.2, 0.25) is 0 Å². The van der Waals surface area contributed by atoms with Gasteiger partial charge in [0, 0.05) is 26.9 Å². The molecular weight excluding hydrogens is 347 g/mol. The quantitative estimate of drug-likeness (QED) is 0.425. The van der Waals surface area contributed by atoms with Gasteiger partial charge in [-0.1, -0.05) is 18.2 Å². The summed E-state index contributed by atoms with van der Waals surface area (Å²) in [5.41, 5.74) is 4.59. The highest BCUT2D eigenvalue weighted by Crippen LogP contribution is 2.34. The Morgan fingerprint density at radius 3 is 2.79 bits per heavy atom. The average molecular weight is 358 g/mol. The Kier molecular flexibility index (Phi) is 2.33. The summed E-state index contributed by atoms with van der Waals surface area (Å²) in [7, 11) is 2.12. The van der Waals surface area contributed by atoms with Crippen LogP contribution < -0.4 is 0 Å². The van der Waals surface area contributed by atoms with Gasteiger partial charge in [-0.15, -0.1) is 0 Å². The van der Waals surface area contributed by atoms with Crippen molar-refractivity contribution in [2.45, 2.75) is 0 Å². The standard InChI is InChI=1S/C16H11IN2/c1-19-15-7-6-11(17)8-10(15)9-14-16(19)12-4-2-3-5-13(12)18-14/h2-9H,1H3. The minimum Gasteiger partial charge on any atom is -0.342 e. The van der Waals surface area contributed by atoms with Crippen LogP contribution in [0.25, 0.3) is 33.2 Å². The van der Waals surface area contributed by atoms with Gasteiger partial charge in [0.05, 0.1) is 16.9 Å². The normalized spacial score (nSPS) is 11.7. The molecule has 0 fully saturated rings. The Morgan fingerprint density at radius 2 is 1.89 bits per heavy atom. The van der Waals surface area contributed by atoms with Crippen molar-refractivity contribution in [1.29, 1.82) is 0 Å². The number of para-hydroxylation sites is 1. The minimum absolute atomic E-state index is 1.07. The summed E-state index contributed by atoms with van der Waals surface area (Å²) in [6, 6.07) is 17.0. The molecule has 0 saturated heterocycles. The number of fused-ring (bicyclic) bond motifs is 4. The zero-order chi connectivity index (χ0) is 13.0. The second-order valence-corrected chi connectivity index (χ2v) is 6.01. The lowest BCUT2D eigenvalue weighted by atomic mass is 10.1. The maximum atomic E-state index is 4.73. The molecule has 0 amide bonds. The molecular formula is C16H11IN2. The number of benzene rings is 2. The number of rotatable bonds is 0. The van der Waals surface area contributed by atoms with Gasteiger partial charge >= 0.3 is 0 Å². The number of pyridine rings is 1. The number of nitrogens with zero attached hydrogens (tertiary/aromatic N) is 2. The van der Waals surface area contributed by atoms with Crippen LogP contribution in [0.4, 0.5) is 0 Å². The number of hydrogen-bond acceptors (Lipinski definition) is 1. The molecule has 0 unspecified atom stereocenters. The van der Waals surface area contributed by atoms with E-state index < -0.39 is 0 Å². The first kappa shape index (κ1) is 11.2. The molecule has 4 rings (SSSR count). The largest absolute Gasteiger partial charge is 0.342 e. The molecule has 0 N–H and O–H groups in total. The molecule has 2 aliphatic rings. The third-order valence-electron chi connectivity index (χ3n) is 3.62. The number of hydrogen-bond donors (Lipinski definition) is 0. The molecule has 2 aromatic carbocycles. The van der Waals surface area contributed by atoms with Gasteiger partial charge in [0.1, 0.15) is 0 Å². The third-order valence-corrected chi connectivity index (χ3v) is 4.29. The summed E-state index contributed by atoms with van der Waals surface area (Å²) in [6.07, 6.45) is 0. The lowest BCUT2D eigenvalue weighted by molar-refractivity contribution is 0.967. The second-order valence-electron chi connectivity index (χ2n) is 4.77. The predicted molar refractivity (Wildman–Crippen MR) is 87.6 cm³/mol. The summed E-state index contributed by atoms with van der Waals surface area (Å²) >= 11 is 2.35. The fraction of sp³-hybridized carbons (Fsp3) is 0.0625. The summed E-state index contributed by atoms with van der Waals surface area (Å²) in [5, 5.41) is 2.46. The average Bonchev–Trinajstić information content (AvgIpc) is 2.76. The lowest BCUT2D eigenvalue weighted by Gasteiger charge is -2.12. The minimum atomic E-state index is 1.07. The summed E-state index contributed by atoms with van der Waals surface area (Å²) in [6.45, 7) is 0. The third kappa shape index (κ3) is 1.57. The van der Waals surface area contributed by atoms with Crippen LogP contribution >= 0.6 is 22.6 Å². The molecule has 2 aromatic rings. The highest BCUT2D eigenvalue weighted by atomic mass is 127. The van der Waals surface area contributed by atoms with Gasteiger partial charge in [0.25, 0.3) is 0 Å². The van der Waals surface area contributed by atoms with E-state index in [0.29, 0.717) is 0 Å². The highest BCUT2D eigenvalue weighted by molar-refractivity contribution is 14.1. The van der Waals surface area contributed by atoms with Gasteiger partial charge in [-0.05, 0) is 52.9 Å². The van der Waals surface area contributed by atoms with Crippen LogP contribution in [0.3, 0.4) is 0 Å². The van der Waals surface area contributed by atoms with Crippen molar-refractivity contribution in [3.05, 3.63) is 52.1 Å². The fourth-order valence-electron chi connectivity index (χ4n) is 2.76. The first-order valence-corrected chi connectivity index (χ1v) is 7.25. The first-order valence-electron chi connectivity index (χ1n) is 6.17. The Labute approximate surface area is 124 Å². The zero-order valence-corrected chi connectivity index (χ0v) is 12.5. The maximum absolute atomic E-state index is 4.73. The van der Waals surface area contributed by atoms with Crippen LogP contribution in [0.5, 0.6) is 0 Å². The summed E-state index contributed by atoms with van der Waals surface area (Å²) in [5.74, 6) is 0. The molecule has 0 aromatic heterocycles. The number of aryl methyl sites for hydroxylation is 1. The molecule has 0 bridgehead atoms. The maximum Gasteiger partial charge on any atom is 0.0887 e. The Morgan fingerprint density at radius 1 is 1.05 bits per heavy atom. The van der Waals surface area contributed by atoms with E-state index >= 15 is 0 Å². The number of halogens is 1. The van der Waals surface area contributed by atoms with Crippen molar-refractivity contribution in [2.24, 2.45) is 7.05 Å². The monoisotopic (exact) mass is 358 g/mol. The molecule has 0 saturated carbocycles. The van der Waals surface area contributed by atoms with Crippen LogP contribution in [0.2, 0.25) is 0 Å². The van der Waals surface area contributed by atoms with E-state index in [2.05, 4.69) is 76.7 Å². The molecule has 0 radical (unpaired) electrons. The molecule has 0 spiro atoms. The summed E-state index contributed by atoms with van der Waals surface area (Å²) < 4.78 is 3.50. The van der Waals surface area contributed by atoms with Crippen LogP contribution in [0.1, 0.15) is 0 Å². The van der Waals surface area contributed by atoms with Gasteiger partial charge in [-0.2, -0.15) is 0 Å². The molecule has 2 heterocycles. The van der Waals surface area contributed by atoms with Crippen LogP contribution in [0.15, 0.2) is 48.5 Å². The van der Waals surface area contributed by atoms with Crippen molar-refractivity contribution in [1.82, 2.24) is 9.55 Å². The van der Waals surface area contributed by atoms with Crippen molar-refractivity contribution >= 4 is 44.4 Å². The smallest absolute Gasteiger partial charge is 0.0887 e. The van der Waals surface area contributed by atoms with Crippen molar-refractivity contribution < 1.29 is 0 Å². The summed E-state index contributed by atoms with van der Waals surface area (Å²) in [4.78, 5) is 4.73. The van der Waals surface area contributed by atoms with Crippen molar-refractivity contribution in [3.8, 4) is 11.4 Å². The van der Waals surface area contributed by atoms with Gasteiger partial charge in [-0.25, -0.2) is 4.98 Å². The van der Waals surface area contributed by atoms with Crippen molar-refractivity contribution in [2.75, 3.05) is 0 Å². The Bertz CT molecular complexity index is 892. The van der Waals surface area contributed by atoms with Crippen LogP contribution in [-0.2, 0) is 7.05 Å². The van der Waals surface area contributed by atoms with E-state index in [9.17, 15) is 0 Å². The predicted octanol–water partition coefficient (Wildman–Crippen LogP) is 4.44. The van der Waals surface area contributed by atoms with E-state index in [0.717, 1.165) is 11.2 Å². The van der Waals surface area contributed by atoms with Gasteiger partial charge in [-0.3, -0.25) is 0 Å². The van der Waals surface area contributed by atoms with E-state index in [1.165, 1.54) is 25.6 Å². The van der Waals surface area contributed by atoms with Crippen LogP contribution in [0, 0.1) is 3.57 Å². The fourth-order valence-corrected chi connectivity index (χ4v) is 3.27. The molecule has 3 heteroatoms. The molecule has 2 nitrogen and oxygen atoms in total. The molecule has 2 aliphatic heterocycles. The molecule has 0 aliphatic carbocycles. The lowest BCUT2D eigenvalue weighted by Crippen LogP contribution is -1.98. The van der Waals surface area contributed by atoms with Gasteiger partial charge in [0.15, 0.2) is 0 Å². The molecule has 92 valence electrons. The SMILES string of the molecule is Cn1c2c3ccccc3nc-2cc2cc(I)ccc21. The van der Waals surface area contributed by atoms with E-state index in [-0.39, 0.29) is 0 Å². The van der Waals surface area contributed by atoms with E-state index in [1.54, 1.807) is 0 Å². The topological polar surface area (TPSA) is 17.8 Å². The van der Waals surface area contributed by atoms with Gasteiger partial charge < -0.3 is 4.57 Å². The highest BCUT2D eigenvalue weighted by Gasteiger charge is 2.15. The first-order chi connectivity index (χ1) is 9.24. The van der Waals surface area contributed by atoms with Crippen LogP contribution in [-0.4, -0.2) is 9.55 Å². The number of aromatic nitrogens is 2. The second kappa shape index (κ2) is 3.93. The molecule has 0 atom stereocenters. The zero-order valence-electron chi connectivity index (χ0n) is 10.4. The van der Waals surface area contributed by atoms with E-state index in [4.69, 9.17) is 4.98 Å². The Hall–Kier alpha value is -1.62. The van der Waals surface area contributed by atoms with E-state index in [1.807, 2.05) is 6.07 Å². The van der Waals surface area contributed by atoms with Crippen molar-refractivity contribution in [3.63, 3.8) is 0 Å².